The lowest BCUT2D eigenvalue weighted by Gasteiger charge is -2.29. The van der Waals surface area contributed by atoms with E-state index in [9.17, 15) is 19.2 Å². The molecule has 3 N–H and O–H groups in total. The van der Waals surface area contributed by atoms with Crippen molar-refractivity contribution in [2.24, 2.45) is 5.92 Å². The van der Waals surface area contributed by atoms with Gasteiger partial charge in [0.05, 0.1) is 0 Å². The van der Waals surface area contributed by atoms with Gasteiger partial charge >= 0.3 is 12.0 Å². The van der Waals surface area contributed by atoms with Crippen LogP contribution in [0.5, 0.6) is 11.5 Å². The molecule has 180 valence electrons. The minimum Gasteiger partial charge on any atom is -0.457 e. The molecule has 9 nitrogen and oxygen atoms in total. The molecule has 0 radical (unpaired) electrons. The van der Waals surface area contributed by atoms with E-state index in [2.05, 4.69) is 22.9 Å². The van der Waals surface area contributed by atoms with Gasteiger partial charge in [-0.3, -0.25) is 19.7 Å². The van der Waals surface area contributed by atoms with Crippen molar-refractivity contribution in [3.8, 4) is 11.5 Å². The van der Waals surface area contributed by atoms with Gasteiger partial charge in [-0.1, -0.05) is 38.0 Å². The van der Waals surface area contributed by atoms with Crippen molar-refractivity contribution in [1.29, 1.82) is 0 Å². The lowest BCUT2D eigenvalue weighted by atomic mass is 9.86. The zero-order valence-corrected chi connectivity index (χ0v) is 19.0. The standard InChI is InChI=1S/C25H29N3O6/c1-17-7-5-6-10-21(17)27-25(32)28-22(29)16-33-23(30)15-26-24(31)18-11-13-20(14-12-18)34-19-8-3-2-4-9-19/h2-4,8-9,11-14,17,21H,5-7,10,15-16H2,1H3,(H,26,31)(H2,27,28,29,32). The van der Waals surface area contributed by atoms with Crippen LogP contribution in [0.1, 0.15) is 43.0 Å². The second-order valence-electron chi connectivity index (χ2n) is 8.17. The van der Waals surface area contributed by atoms with Crippen molar-refractivity contribution in [3.05, 3.63) is 60.2 Å². The van der Waals surface area contributed by atoms with Gasteiger partial charge in [-0.05, 0) is 55.2 Å². The molecule has 3 rings (SSSR count). The predicted molar refractivity (Wildman–Crippen MR) is 124 cm³/mol. The fourth-order valence-electron chi connectivity index (χ4n) is 3.65. The first-order valence-corrected chi connectivity index (χ1v) is 11.3. The Balaban J connectivity index is 1.34. The molecule has 34 heavy (non-hydrogen) atoms. The van der Waals surface area contributed by atoms with Crippen molar-refractivity contribution in [2.75, 3.05) is 13.2 Å². The van der Waals surface area contributed by atoms with E-state index < -0.39 is 37.0 Å². The van der Waals surface area contributed by atoms with Gasteiger partial charge in [0.15, 0.2) is 6.61 Å². The van der Waals surface area contributed by atoms with Crippen molar-refractivity contribution < 1.29 is 28.7 Å². The largest absolute Gasteiger partial charge is 0.457 e. The molecule has 0 saturated heterocycles. The van der Waals surface area contributed by atoms with Crippen LogP contribution in [0.15, 0.2) is 54.6 Å². The molecule has 9 heteroatoms. The summed E-state index contributed by atoms with van der Waals surface area (Å²) >= 11 is 0. The minimum absolute atomic E-state index is 0.0262. The smallest absolute Gasteiger partial charge is 0.325 e. The van der Waals surface area contributed by atoms with E-state index in [1.165, 1.54) is 0 Å². The first-order valence-electron chi connectivity index (χ1n) is 11.3. The van der Waals surface area contributed by atoms with Gasteiger partial charge in [0.1, 0.15) is 18.0 Å². The first-order chi connectivity index (χ1) is 16.4. The second kappa shape index (κ2) is 12.4. The number of para-hydroxylation sites is 1. The molecular weight excluding hydrogens is 438 g/mol. The summed E-state index contributed by atoms with van der Waals surface area (Å²) < 4.78 is 10.5. The lowest BCUT2D eigenvalue weighted by Crippen LogP contribution is -2.48. The van der Waals surface area contributed by atoms with Crippen LogP contribution in [0, 0.1) is 5.92 Å². The Hall–Kier alpha value is -3.88. The Kier molecular flexibility index (Phi) is 9.02. The van der Waals surface area contributed by atoms with Crippen LogP contribution < -0.4 is 20.7 Å². The first kappa shape index (κ1) is 24.8. The van der Waals surface area contributed by atoms with Gasteiger partial charge in [0.25, 0.3) is 11.8 Å². The monoisotopic (exact) mass is 467 g/mol. The molecule has 0 aromatic heterocycles. The zero-order chi connectivity index (χ0) is 24.3. The highest BCUT2D eigenvalue weighted by molar-refractivity contribution is 5.97. The van der Waals surface area contributed by atoms with E-state index in [-0.39, 0.29) is 6.04 Å². The summed E-state index contributed by atoms with van der Waals surface area (Å²) in [6, 6.07) is 15.1. The third-order valence-electron chi connectivity index (χ3n) is 5.53. The fourth-order valence-corrected chi connectivity index (χ4v) is 3.65. The van der Waals surface area contributed by atoms with Crippen LogP contribution in [-0.4, -0.2) is 43.0 Å². The van der Waals surface area contributed by atoms with Crippen LogP contribution in [-0.2, 0) is 14.3 Å². The van der Waals surface area contributed by atoms with E-state index in [0.717, 1.165) is 25.7 Å². The number of nitrogens with one attached hydrogen (secondary N) is 3. The highest BCUT2D eigenvalue weighted by Gasteiger charge is 2.23. The topological polar surface area (TPSA) is 123 Å². The third-order valence-corrected chi connectivity index (χ3v) is 5.53. The highest BCUT2D eigenvalue weighted by atomic mass is 16.5. The normalized spacial score (nSPS) is 17.2. The van der Waals surface area contributed by atoms with Crippen molar-refractivity contribution >= 4 is 23.8 Å². The number of imide groups is 1. The molecule has 2 aromatic carbocycles. The van der Waals surface area contributed by atoms with E-state index >= 15 is 0 Å². The summed E-state index contributed by atoms with van der Waals surface area (Å²) in [5.74, 6) is -0.427. The molecule has 0 aliphatic heterocycles. The summed E-state index contributed by atoms with van der Waals surface area (Å²) in [5.41, 5.74) is 0.333. The van der Waals surface area contributed by atoms with Crippen molar-refractivity contribution in [3.63, 3.8) is 0 Å². The van der Waals surface area contributed by atoms with E-state index in [4.69, 9.17) is 9.47 Å². The van der Waals surface area contributed by atoms with Crippen LogP contribution >= 0.6 is 0 Å². The molecule has 0 spiro atoms. The van der Waals surface area contributed by atoms with E-state index in [0.29, 0.717) is 23.0 Å². The predicted octanol–water partition coefficient (Wildman–Crippen LogP) is 3.16. The average molecular weight is 468 g/mol. The van der Waals surface area contributed by atoms with Gasteiger partial charge in [-0.25, -0.2) is 4.79 Å². The minimum atomic E-state index is -0.797. The molecule has 2 aromatic rings. The summed E-state index contributed by atoms with van der Waals surface area (Å²) in [7, 11) is 0. The number of carbonyl (C=O) groups excluding carboxylic acids is 4. The number of benzene rings is 2. The Morgan fingerprint density at radius 3 is 2.29 bits per heavy atom. The van der Waals surface area contributed by atoms with Crippen LogP contribution in [0.3, 0.4) is 0 Å². The van der Waals surface area contributed by atoms with Gasteiger partial charge in [0, 0.05) is 11.6 Å². The molecule has 0 bridgehead atoms. The molecule has 1 fully saturated rings. The molecular formula is C25H29N3O6. The molecule has 1 aliphatic rings. The van der Waals surface area contributed by atoms with Crippen molar-refractivity contribution in [2.45, 2.75) is 38.6 Å². The number of rotatable bonds is 8. The van der Waals surface area contributed by atoms with Gasteiger partial charge < -0.3 is 20.1 Å². The summed E-state index contributed by atoms with van der Waals surface area (Å²) in [6.07, 6.45) is 4.09. The Morgan fingerprint density at radius 1 is 0.912 bits per heavy atom. The SMILES string of the molecule is CC1CCCCC1NC(=O)NC(=O)COC(=O)CNC(=O)c1ccc(Oc2ccccc2)cc1. The number of hydrogen-bond acceptors (Lipinski definition) is 6. The quantitative estimate of drug-likeness (QED) is 0.513. The van der Waals surface area contributed by atoms with E-state index in [1.54, 1.807) is 24.3 Å². The molecule has 2 atom stereocenters. The fraction of sp³-hybridized carbons (Fsp3) is 0.360. The van der Waals surface area contributed by atoms with Gasteiger partial charge in [-0.15, -0.1) is 0 Å². The maximum atomic E-state index is 12.2. The molecule has 4 amide bonds. The number of urea groups is 1. The third kappa shape index (κ3) is 7.91. The van der Waals surface area contributed by atoms with Crippen LogP contribution in [0.4, 0.5) is 4.79 Å². The lowest BCUT2D eigenvalue weighted by molar-refractivity contribution is -0.147. The van der Waals surface area contributed by atoms with Crippen LogP contribution in [0.25, 0.3) is 0 Å². The molecule has 2 unspecified atom stereocenters. The number of hydrogen-bond donors (Lipinski definition) is 3. The van der Waals surface area contributed by atoms with Gasteiger partial charge in [0.2, 0.25) is 0 Å². The summed E-state index contributed by atoms with van der Waals surface area (Å²) in [4.78, 5) is 47.9. The Labute approximate surface area is 198 Å². The zero-order valence-electron chi connectivity index (χ0n) is 19.0. The van der Waals surface area contributed by atoms with Gasteiger partial charge in [-0.2, -0.15) is 0 Å². The van der Waals surface area contributed by atoms with E-state index in [1.807, 2.05) is 30.3 Å². The number of amides is 4. The maximum absolute atomic E-state index is 12.2. The average Bonchev–Trinajstić information content (AvgIpc) is 2.84. The second-order valence-corrected chi connectivity index (χ2v) is 8.17. The number of esters is 1. The summed E-state index contributed by atoms with van der Waals surface area (Å²) in [5, 5.41) is 7.36. The Morgan fingerprint density at radius 2 is 1.59 bits per heavy atom. The summed E-state index contributed by atoms with van der Waals surface area (Å²) in [6.45, 7) is 1.03. The highest BCUT2D eigenvalue weighted by Crippen LogP contribution is 2.23. The number of ether oxygens (including phenoxy) is 2. The Bertz CT molecular complexity index is 993. The van der Waals surface area contributed by atoms with Crippen LogP contribution in [0.2, 0.25) is 0 Å². The molecule has 0 heterocycles. The molecule has 1 aliphatic carbocycles. The van der Waals surface area contributed by atoms with Crippen molar-refractivity contribution in [1.82, 2.24) is 16.0 Å². The molecule has 1 saturated carbocycles. The maximum Gasteiger partial charge on any atom is 0.325 e. The number of carbonyl (C=O) groups is 4.